The molecular formula is C37H40. The van der Waals surface area contributed by atoms with E-state index >= 15 is 0 Å². The molecule has 1 aliphatic carbocycles. The third-order valence-electron chi connectivity index (χ3n) is 7.36. The van der Waals surface area contributed by atoms with Gasteiger partial charge in [-0.1, -0.05) is 116 Å². The van der Waals surface area contributed by atoms with Crippen LogP contribution in [0.3, 0.4) is 0 Å². The van der Waals surface area contributed by atoms with E-state index in [9.17, 15) is 0 Å². The van der Waals surface area contributed by atoms with E-state index in [0.717, 1.165) is 0 Å². The minimum Gasteiger partial charge on any atom is -0.0683 e. The molecule has 0 atom stereocenters. The molecule has 0 unspecified atom stereocenters. The second-order valence-corrected chi connectivity index (χ2v) is 9.47. The van der Waals surface area contributed by atoms with Gasteiger partial charge >= 0.3 is 0 Å². The van der Waals surface area contributed by atoms with Gasteiger partial charge in [0, 0.05) is 5.41 Å². The van der Waals surface area contributed by atoms with Crippen molar-refractivity contribution in [3.63, 3.8) is 0 Å². The van der Waals surface area contributed by atoms with Crippen LogP contribution in [0, 0.1) is 0 Å². The first-order valence-corrected chi connectivity index (χ1v) is 14.0. The highest BCUT2D eigenvalue weighted by Crippen LogP contribution is 2.51. The quantitative estimate of drug-likeness (QED) is 0.148. The third kappa shape index (κ3) is 4.29. The zero-order chi connectivity index (χ0) is 26.7. The summed E-state index contributed by atoms with van der Waals surface area (Å²) in [6.07, 6.45) is 0. The standard InChI is InChI=1S/C31H22.3C2H6/c1-31(2)29-17-24-14-21-9-4-3-8-20(21)13-23(24)16-28(29)27-15-22-12-11-19-7-5-6-10-25(19)26(22)18-30(27)31;3*1-2/h3-18H,1-2H3;3*1-2H3. The van der Waals surface area contributed by atoms with E-state index in [1.807, 2.05) is 41.5 Å². The van der Waals surface area contributed by atoms with Gasteiger partial charge in [-0.05, 0) is 102 Å². The fraction of sp³-hybridized carbons (Fsp3) is 0.243. The van der Waals surface area contributed by atoms with Crippen LogP contribution in [0.25, 0.3) is 54.2 Å². The van der Waals surface area contributed by atoms with E-state index in [4.69, 9.17) is 0 Å². The molecular weight excluding hydrogens is 444 g/mol. The first-order chi connectivity index (χ1) is 18.1. The molecule has 0 fully saturated rings. The van der Waals surface area contributed by atoms with Gasteiger partial charge in [0.1, 0.15) is 0 Å². The van der Waals surface area contributed by atoms with Gasteiger partial charge in [0.25, 0.3) is 0 Å². The molecule has 0 aromatic heterocycles. The number of rotatable bonds is 0. The zero-order valence-corrected chi connectivity index (χ0v) is 23.7. The lowest BCUT2D eigenvalue weighted by Gasteiger charge is -2.22. The summed E-state index contributed by atoms with van der Waals surface area (Å²) in [5.74, 6) is 0. The average molecular weight is 485 g/mol. The Morgan fingerprint density at radius 2 is 0.838 bits per heavy atom. The Hall–Kier alpha value is -3.64. The highest BCUT2D eigenvalue weighted by molar-refractivity contribution is 6.10. The molecule has 7 rings (SSSR count). The van der Waals surface area contributed by atoms with Crippen molar-refractivity contribution in [1.29, 1.82) is 0 Å². The number of benzene rings is 6. The lowest BCUT2D eigenvalue weighted by molar-refractivity contribution is 0.662. The number of fused-ring (bicyclic) bond motifs is 8. The maximum absolute atomic E-state index is 2.45. The summed E-state index contributed by atoms with van der Waals surface area (Å²) in [4.78, 5) is 0. The number of hydrogen-bond acceptors (Lipinski definition) is 0. The fourth-order valence-electron chi connectivity index (χ4n) is 5.67. The Kier molecular flexibility index (Phi) is 7.69. The number of hydrogen-bond donors (Lipinski definition) is 0. The first-order valence-electron chi connectivity index (χ1n) is 14.0. The molecule has 0 saturated heterocycles. The van der Waals surface area contributed by atoms with Gasteiger partial charge in [0.2, 0.25) is 0 Å². The van der Waals surface area contributed by atoms with Crippen molar-refractivity contribution in [3.05, 3.63) is 108 Å². The molecule has 0 aliphatic heterocycles. The van der Waals surface area contributed by atoms with Gasteiger partial charge in [0.15, 0.2) is 0 Å². The highest BCUT2D eigenvalue weighted by Gasteiger charge is 2.36. The normalized spacial score (nSPS) is 12.5. The molecule has 6 aromatic rings. The highest BCUT2D eigenvalue weighted by atomic mass is 14.4. The molecule has 0 bridgehead atoms. The summed E-state index contributed by atoms with van der Waals surface area (Å²) in [5, 5.41) is 10.6. The van der Waals surface area contributed by atoms with Gasteiger partial charge in [-0.15, -0.1) is 0 Å². The molecule has 0 heteroatoms. The van der Waals surface area contributed by atoms with Crippen LogP contribution >= 0.6 is 0 Å². The molecule has 0 nitrogen and oxygen atoms in total. The SMILES string of the molecule is CC.CC.CC.CC1(C)c2cc3cc4ccccc4cc3cc2-c2cc3ccc4ccccc4c3cc21. The van der Waals surface area contributed by atoms with Crippen LogP contribution in [0.1, 0.15) is 66.5 Å². The van der Waals surface area contributed by atoms with Crippen molar-refractivity contribution < 1.29 is 0 Å². The molecule has 0 spiro atoms. The minimum absolute atomic E-state index is 0.0182. The van der Waals surface area contributed by atoms with E-state index in [-0.39, 0.29) is 5.41 Å². The molecule has 0 heterocycles. The largest absolute Gasteiger partial charge is 0.0683 e. The van der Waals surface area contributed by atoms with Crippen LogP contribution in [-0.2, 0) is 5.41 Å². The second-order valence-electron chi connectivity index (χ2n) is 9.47. The summed E-state index contributed by atoms with van der Waals surface area (Å²) in [5.41, 5.74) is 5.63. The van der Waals surface area contributed by atoms with Gasteiger partial charge in [0.05, 0.1) is 0 Å². The molecule has 188 valence electrons. The summed E-state index contributed by atoms with van der Waals surface area (Å²) in [7, 11) is 0. The molecule has 6 aromatic carbocycles. The van der Waals surface area contributed by atoms with Crippen LogP contribution in [-0.4, -0.2) is 0 Å². The van der Waals surface area contributed by atoms with E-state index in [1.165, 1.54) is 65.3 Å². The monoisotopic (exact) mass is 484 g/mol. The maximum atomic E-state index is 2.45. The van der Waals surface area contributed by atoms with Gasteiger partial charge in [-0.25, -0.2) is 0 Å². The second kappa shape index (κ2) is 10.8. The smallest absolute Gasteiger partial charge is 0.0159 e. The Labute approximate surface area is 223 Å². The van der Waals surface area contributed by atoms with E-state index in [0.29, 0.717) is 0 Å². The lowest BCUT2D eigenvalue weighted by Crippen LogP contribution is -2.14. The molecule has 0 saturated carbocycles. The predicted molar refractivity (Wildman–Crippen MR) is 168 cm³/mol. The van der Waals surface area contributed by atoms with Crippen molar-refractivity contribution in [2.24, 2.45) is 0 Å². The van der Waals surface area contributed by atoms with Crippen LogP contribution < -0.4 is 0 Å². The van der Waals surface area contributed by atoms with Crippen molar-refractivity contribution in [2.75, 3.05) is 0 Å². The van der Waals surface area contributed by atoms with Crippen LogP contribution in [0.2, 0.25) is 0 Å². The van der Waals surface area contributed by atoms with Crippen molar-refractivity contribution >= 4 is 43.1 Å². The molecule has 0 radical (unpaired) electrons. The Bertz CT molecular complexity index is 1690. The Morgan fingerprint density at radius 1 is 0.378 bits per heavy atom. The van der Waals surface area contributed by atoms with Gasteiger partial charge < -0.3 is 0 Å². The van der Waals surface area contributed by atoms with Crippen molar-refractivity contribution in [1.82, 2.24) is 0 Å². The molecule has 37 heavy (non-hydrogen) atoms. The van der Waals surface area contributed by atoms with Gasteiger partial charge in [-0.2, -0.15) is 0 Å². The van der Waals surface area contributed by atoms with E-state index in [1.54, 1.807) is 0 Å². The van der Waals surface area contributed by atoms with Crippen molar-refractivity contribution in [3.8, 4) is 11.1 Å². The lowest BCUT2D eigenvalue weighted by atomic mass is 9.81. The van der Waals surface area contributed by atoms with E-state index < -0.39 is 0 Å². The summed E-state index contributed by atoms with van der Waals surface area (Å²) >= 11 is 0. The topological polar surface area (TPSA) is 0 Å². The minimum atomic E-state index is -0.0182. The van der Waals surface area contributed by atoms with Gasteiger partial charge in [-0.3, -0.25) is 0 Å². The fourth-order valence-corrected chi connectivity index (χ4v) is 5.67. The van der Waals surface area contributed by atoms with Crippen LogP contribution in [0.15, 0.2) is 97.1 Å². The molecule has 0 amide bonds. The third-order valence-corrected chi connectivity index (χ3v) is 7.36. The average Bonchev–Trinajstić information content (AvgIpc) is 3.18. The van der Waals surface area contributed by atoms with E-state index in [2.05, 4.69) is 111 Å². The zero-order valence-electron chi connectivity index (χ0n) is 23.7. The maximum Gasteiger partial charge on any atom is 0.0159 e. The van der Waals surface area contributed by atoms with Crippen LogP contribution in [0.4, 0.5) is 0 Å². The van der Waals surface area contributed by atoms with Crippen molar-refractivity contribution in [2.45, 2.75) is 60.8 Å². The molecule has 0 N–H and O–H groups in total. The van der Waals surface area contributed by atoms with Crippen LogP contribution in [0.5, 0.6) is 0 Å². The summed E-state index contributed by atoms with van der Waals surface area (Å²) in [6.45, 7) is 16.8. The Balaban J connectivity index is 0.000000500. The Morgan fingerprint density at radius 3 is 1.46 bits per heavy atom. The predicted octanol–water partition coefficient (Wildman–Crippen LogP) is 11.7. The first kappa shape index (κ1) is 26.4. The molecule has 1 aliphatic rings. The summed E-state index contributed by atoms with van der Waals surface area (Å²) in [6, 6.07) is 36.3. The summed E-state index contributed by atoms with van der Waals surface area (Å²) < 4.78 is 0.